The normalized spacial score (nSPS) is 16.4. The lowest BCUT2D eigenvalue weighted by molar-refractivity contribution is -0.138. The number of carboxylic acid groups (broad SMARTS) is 1. The number of carbonyl (C=O) groups is 1. The Kier molecular flexibility index (Phi) is 3.26. The number of benzene rings is 1. The molecule has 0 aliphatic carbocycles. The van der Waals surface area contributed by atoms with Crippen LogP contribution >= 0.6 is 0 Å². The molecule has 3 N–H and O–H groups in total. The van der Waals surface area contributed by atoms with Crippen molar-refractivity contribution in [2.45, 2.75) is 32.5 Å². The van der Waals surface area contributed by atoms with Gasteiger partial charge >= 0.3 is 5.97 Å². The first-order valence-corrected chi connectivity index (χ1v) is 7.15. The molecule has 0 saturated heterocycles. The number of nitrogens with two attached hydrogens (primary N) is 1. The maximum absolute atomic E-state index is 11.0. The van der Waals surface area contributed by atoms with E-state index in [9.17, 15) is 4.79 Å². The molecule has 3 rings (SSSR count). The van der Waals surface area contributed by atoms with Gasteiger partial charge in [-0.05, 0) is 42.8 Å². The van der Waals surface area contributed by atoms with Crippen LogP contribution in [0.3, 0.4) is 0 Å². The molecule has 1 aliphatic rings. The van der Waals surface area contributed by atoms with Crippen LogP contribution in [0.25, 0.3) is 10.9 Å². The molecule has 0 spiro atoms. The molecule has 1 atom stereocenters. The SMILES string of the molecule is Cc1c(CC(N)C(=O)O)c2cc3c(cc2n1C)CN(C)C3. The standard InChI is InChI=1S/C16H21N3O2/c1-9-12(6-14(17)16(20)21)13-4-10-7-18(2)8-11(10)5-15(13)19(9)3/h4-5,14H,6-8,17H2,1-3H3,(H,20,21). The van der Waals surface area contributed by atoms with Crippen molar-refractivity contribution in [1.82, 2.24) is 9.47 Å². The third-order valence-electron chi connectivity index (χ3n) is 4.57. The minimum Gasteiger partial charge on any atom is -0.480 e. The van der Waals surface area contributed by atoms with E-state index in [0.29, 0.717) is 6.42 Å². The zero-order valence-corrected chi connectivity index (χ0v) is 12.7. The Hall–Kier alpha value is -1.85. The Morgan fingerprint density at radius 3 is 2.57 bits per heavy atom. The quantitative estimate of drug-likeness (QED) is 0.895. The van der Waals surface area contributed by atoms with Gasteiger partial charge in [0.15, 0.2) is 0 Å². The number of rotatable bonds is 3. The fourth-order valence-corrected chi connectivity index (χ4v) is 3.27. The highest BCUT2D eigenvalue weighted by Crippen LogP contribution is 2.32. The van der Waals surface area contributed by atoms with Gasteiger partial charge in [-0.15, -0.1) is 0 Å². The van der Waals surface area contributed by atoms with E-state index in [1.54, 1.807) is 0 Å². The van der Waals surface area contributed by atoms with Crippen molar-refractivity contribution < 1.29 is 9.90 Å². The average molecular weight is 287 g/mol. The van der Waals surface area contributed by atoms with E-state index in [2.05, 4.69) is 28.6 Å². The van der Waals surface area contributed by atoms with Crippen LogP contribution in [0.2, 0.25) is 0 Å². The van der Waals surface area contributed by atoms with Gasteiger partial charge in [-0.3, -0.25) is 9.69 Å². The van der Waals surface area contributed by atoms with E-state index in [1.807, 2.05) is 14.0 Å². The smallest absolute Gasteiger partial charge is 0.320 e. The van der Waals surface area contributed by atoms with Crippen molar-refractivity contribution in [1.29, 1.82) is 0 Å². The third-order valence-corrected chi connectivity index (χ3v) is 4.57. The lowest BCUT2D eigenvalue weighted by Crippen LogP contribution is -2.32. The predicted molar refractivity (Wildman–Crippen MR) is 82.1 cm³/mol. The second-order valence-electron chi connectivity index (χ2n) is 6.08. The minimum atomic E-state index is -0.952. The van der Waals surface area contributed by atoms with Gasteiger partial charge in [0, 0.05) is 43.2 Å². The highest BCUT2D eigenvalue weighted by Gasteiger charge is 2.22. The monoisotopic (exact) mass is 287 g/mol. The van der Waals surface area contributed by atoms with E-state index < -0.39 is 12.0 Å². The molecular formula is C16H21N3O2. The number of aliphatic carboxylic acids is 1. The van der Waals surface area contributed by atoms with Crippen LogP contribution in [0, 0.1) is 6.92 Å². The second kappa shape index (κ2) is 4.86. The summed E-state index contributed by atoms with van der Waals surface area (Å²) in [7, 11) is 4.13. The molecule has 1 aromatic carbocycles. The number of nitrogens with zero attached hydrogens (tertiary/aromatic N) is 2. The molecule has 0 bridgehead atoms. The predicted octanol–water partition coefficient (Wildman–Crippen LogP) is 1.39. The molecule has 0 radical (unpaired) electrons. The lowest BCUT2D eigenvalue weighted by atomic mass is 10.00. The summed E-state index contributed by atoms with van der Waals surface area (Å²) in [4.78, 5) is 13.3. The van der Waals surface area contributed by atoms with E-state index in [4.69, 9.17) is 10.8 Å². The summed E-state index contributed by atoms with van der Waals surface area (Å²) in [5, 5.41) is 10.2. The topological polar surface area (TPSA) is 71.5 Å². The van der Waals surface area contributed by atoms with E-state index >= 15 is 0 Å². The third kappa shape index (κ3) is 2.22. The van der Waals surface area contributed by atoms with Gasteiger partial charge in [0.25, 0.3) is 0 Å². The summed E-state index contributed by atoms with van der Waals surface area (Å²) < 4.78 is 2.14. The zero-order chi connectivity index (χ0) is 15.3. The highest BCUT2D eigenvalue weighted by molar-refractivity contribution is 5.88. The minimum absolute atomic E-state index is 0.368. The molecule has 2 aromatic rings. The van der Waals surface area contributed by atoms with Crippen molar-refractivity contribution in [3.63, 3.8) is 0 Å². The molecule has 5 nitrogen and oxygen atoms in total. The first-order valence-electron chi connectivity index (χ1n) is 7.15. The average Bonchev–Trinajstić information content (AvgIpc) is 2.89. The van der Waals surface area contributed by atoms with E-state index in [0.717, 1.165) is 35.2 Å². The summed E-state index contributed by atoms with van der Waals surface area (Å²) in [6, 6.07) is 3.59. The molecule has 112 valence electrons. The number of aryl methyl sites for hydroxylation is 1. The molecule has 2 heterocycles. The van der Waals surface area contributed by atoms with Crippen LogP contribution in [-0.2, 0) is 31.4 Å². The van der Waals surface area contributed by atoms with Crippen molar-refractivity contribution in [3.05, 3.63) is 34.5 Å². The van der Waals surface area contributed by atoms with Crippen molar-refractivity contribution >= 4 is 16.9 Å². The molecule has 1 aliphatic heterocycles. The van der Waals surface area contributed by atoms with Crippen molar-refractivity contribution in [2.24, 2.45) is 12.8 Å². The summed E-state index contributed by atoms with van der Waals surface area (Å²) in [6.07, 6.45) is 0.368. The number of carboxylic acids is 1. The van der Waals surface area contributed by atoms with Crippen LogP contribution in [0.1, 0.15) is 22.4 Å². The van der Waals surface area contributed by atoms with Crippen molar-refractivity contribution in [3.8, 4) is 0 Å². The molecule has 1 unspecified atom stereocenters. The molecule has 5 heteroatoms. The van der Waals surface area contributed by atoms with Gasteiger partial charge in [-0.25, -0.2) is 0 Å². The second-order valence-corrected chi connectivity index (χ2v) is 6.08. The number of hydrogen-bond donors (Lipinski definition) is 2. The maximum Gasteiger partial charge on any atom is 0.320 e. The van der Waals surface area contributed by atoms with Gasteiger partial charge < -0.3 is 15.4 Å². The number of aromatic nitrogens is 1. The summed E-state index contributed by atoms with van der Waals surface area (Å²) in [6.45, 7) is 3.95. The van der Waals surface area contributed by atoms with E-state index in [-0.39, 0.29) is 0 Å². The lowest BCUT2D eigenvalue weighted by Gasteiger charge is -2.07. The molecule has 0 amide bonds. The highest BCUT2D eigenvalue weighted by atomic mass is 16.4. The Labute approximate surface area is 124 Å². The number of fused-ring (bicyclic) bond motifs is 2. The largest absolute Gasteiger partial charge is 0.480 e. The van der Waals surface area contributed by atoms with Crippen LogP contribution in [-0.4, -0.2) is 33.6 Å². The molecule has 0 fully saturated rings. The van der Waals surface area contributed by atoms with Gasteiger partial charge in [-0.2, -0.15) is 0 Å². The fraction of sp³-hybridized carbons (Fsp3) is 0.438. The van der Waals surface area contributed by atoms with Gasteiger partial charge in [0.05, 0.1) is 0 Å². The Balaban J connectivity index is 2.14. The Morgan fingerprint density at radius 2 is 1.95 bits per heavy atom. The van der Waals surface area contributed by atoms with Gasteiger partial charge in [0.2, 0.25) is 0 Å². The molecular weight excluding hydrogens is 266 g/mol. The van der Waals surface area contributed by atoms with Crippen LogP contribution in [0.4, 0.5) is 0 Å². The fourth-order valence-electron chi connectivity index (χ4n) is 3.27. The van der Waals surface area contributed by atoms with Crippen molar-refractivity contribution in [2.75, 3.05) is 7.05 Å². The van der Waals surface area contributed by atoms with Crippen LogP contribution in [0.15, 0.2) is 12.1 Å². The summed E-state index contributed by atoms with van der Waals surface area (Å²) >= 11 is 0. The summed E-state index contributed by atoms with van der Waals surface area (Å²) in [5.74, 6) is -0.952. The van der Waals surface area contributed by atoms with Gasteiger partial charge in [0.1, 0.15) is 6.04 Å². The Morgan fingerprint density at radius 1 is 1.33 bits per heavy atom. The molecule has 21 heavy (non-hydrogen) atoms. The Bertz CT molecular complexity index is 733. The zero-order valence-electron chi connectivity index (χ0n) is 12.7. The summed E-state index contributed by atoms with van der Waals surface area (Å²) in [5.41, 5.74) is 11.7. The molecule has 0 saturated carbocycles. The van der Waals surface area contributed by atoms with Crippen LogP contribution in [0.5, 0.6) is 0 Å². The first-order chi connectivity index (χ1) is 9.88. The number of hydrogen-bond acceptors (Lipinski definition) is 3. The maximum atomic E-state index is 11.0. The van der Waals surface area contributed by atoms with E-state index in [1.165, 1.54) is 11.1 Å². The van der Waals surface area contributed by atoms with Gasteiger partial charge in [-0.1, -0.05) is 0 Å². The molecule has 1 aromatic heterocycles. The van der Waals surface area contributed by atoms with Crippen LogP contribution < -0.4 is 5.73 Å². The first kappa shape index (κ1) is 14.1.